The van der Waals surface area contributed by atoms with Crippen LogP contribution in [0.3, 0.4) is 0 Å². The minimum absolute atomic E-state index is 0.109. The molecule has 0 radical (unpaired) electrons. The van der Waals surface area contributed by atoms with Crippen molar-refractivity contribution in [2.75, 3.05) is 13.1 Å². The molecule has 22 heavy (non-hydrogen) atoms. The quantitative estimate of drug-likeness (QED) is 0.873. The Labute approximate surface area is 129 Å². The third-order valence-electron chi connectivity index (χ3n) is 4.16. The zero-order chi connectivity index (χ0) is 15.7. The highest BCUT2D eigenvalue weighted by Crippen LogP contribution is 2.21. The molecular weight excluding hydrogens is 304 g/mol. The highest BCUT2D eigenvalue weighted by atomic mass is 32.2. The normalized spacial score (nSPS) is 23.0. The summed E-state index contributed by atoms with van der Waals surface area (Å²) in [6.07, 6.45) is 2.93. The molecule has 1 fully saturated rings. The summed E-state index contributed by atoms with van der Waals surface area (Å²) < 4.78 is 33.0. The van der Waals surface area contributed by atoms with Crippen LogP contribution in [0.2, 0.25) is 0 Å². The van der Waals surface area contributed by atoms with Crippen LogP contribution in [0.15, 0.2) is 21.7 Å². The summed E-state index contributed by atoms with van der Waals surface area (Å²) in [5.74, 6) is 0.300. The van der Waals surface area contributed by atoms with Gasteiger partial charge in [-0.1, -0.05) is 19.0 Å². The SMILES string of the molecule is CCc1noc2ncc(S(=O)(=O)NC3CNCCC3C)cc12. The van der Waals surface area contributed by atoms with Gasteiger partial charge in [0, 0.05) is 12.6 Å². The van der Waals surface area contributed by atoms with E-state index in [1.807, 2.05) is 6.92 Å². The maximum Gasteiger partial charge on any atom is 0.258 e. The first-order chi connectivity index (χ1) is 10.5. The number of hydrogen-bond donors (Lipinski definition) is 2. The second kappa shape index (κ2) is 5.94. The number of sulfonamides is 1. The van der Waals surface area contributed by atoms with E-state index in [1.165, 1.54) is 6.20 Å². The fourth-order valence-corrected chi connectivity index (χ4v) is 3.99. The highest BCUT2D eigenvalue weighted by Gasteiger charge is 2.27. The van der Waals surface area contributed by atoms with Gasteiger partial charge in [0.1, 0.15) is 4.90 Å². The van der Waals surface area contributed by atoms with E-state index in [1.54, 1.807) is 6.07 Å². The average Bonchev–Trinajstić information content (AvgIpc) is 2.91. The molecule has 0 bridgehead atoms. The summed E-state index contributed by atoms with van der Waals surface area (Å²) in [6.45, 7) is 5.56. The third-order valence-corrected chi connectivity index (χ3v) is 5.62. The molecular formula is C14H20N4O3S. The van der Waals surface area contributed by atoms with Crippen molar-refractivity contribution in [2.45, 2.75) is 37.6 Å². The van der Waals surface area contributed by atoms with E-state index in [-0.39, 0.29) is 10.9 Å². The van der Waals surface area contributed by atoms with Crippen LogP contribution >= 0.6 is 0 Å². The van der Waals surface area contributed by atoms with Gasteiger partial charge in [-0.15, -0.1) is 0 Å². The van der Waals surface area contributed by atoms with Gasteiger partial charge < -0.3 is 9.84 Å². The van der Waals surface area contributed by atoms with Gasteiger partial charge in [0.25, 0.3) is 5.71 Å². The lowest BCUT2D eigenvalue weighted by Crippen LogP contribution is -2.50. The van der Waals surface area contributed by atoms with Crippen molar-refractivity contribution in [3.05, 3.63) is 18.0 Å². The van der Waals surface area contributed by atoms with Gasteiger partial charge in [0.2, 0.25) is 10.0 Å². The van der Waals surface area contributed by atoms with Crippen molar-refractivity contribution < 1.29 is 12.9 Å². The molecule has 2 aromatic rings. The second-order valence-electron chi connectivity index (χ2n) is 5.70. The predicted octanol–water partition coefficient (Wildman–Crippen LogP) is 1.06. The first-order valence-electron chi connectivity index (χ1n) is 7.48. The topological polar surface area (TPSA) is 97.1 Å². The molecule has 7 nitrogen and oxygen atoms in total. The predicted molar refractivity (Wildman–Crippen MR) is 81.9 cm³/mol. The molecule has 2 atom stereocenters. The summed E-state index contributed by atoms with van der Waals surface area (Å²) in [4.78, 5) is 4.21. The van der Waals surface area contributed by atoms with Crippen LogP contribution < -0.4 is 10.0 Å². The van der Waals surface area contributed by atoms with Crippen LogP contribution in [0.4, 0.5) is 0 Å². The molecule has 2 N–H and O–H groups in total. The standard InChI is InChI=1S/C14H20N4O3S/c1-3-12-11-6-10(7-16-14(11)21-17-12)22(19,20)18-13-8-15-5-4-9(13)2/h6-7,9,13,15,18H,3-5,8H2,1-2H3. The lowest BCUT2D eigenvalue weighted by atomic mass is 9.96. The Morgan fingerprint density at radius 3 is 3.05 bits per heavy atom. The lowest BCUT2D eigenvalue weighted by molar-refractivity contribution is 0.327. The number of rotatable bonds is 4. The zero-order valence-corrected chi connectivity index (χ0v) is 13.5. The molecule has 0 amide bonds. The summed E-state index contributed by atoms with van der Waals surface area (Å²) in [7, 11) is -3.61. The number of nitrogens with one attached hydrogen (secondary N) is 2. The van der Waals surface area contributed by atoms with E-state index < -0.39 is 10.0 Å². The molecule has 1 aliphatic heterocycles. The first kappa shape index (κ1) is 15.4. The van der Waals surface area contributed by atoms with E-state index in [0.717, 1.165) is 13.0 Å². The Balaban J connectivity index is 1.91. The van der Waals surface area contributed by atoms with Gasteiger partial charge in [-0.25, -0.2) is 18.1 Å². The Morgan fingerprint density at radius 2 is 2.32 bits per heavy atom. The summed E-state index contributed by atoms with van der Waals surface area (Å²) in [5.41, 5.74) is 1.08. The second-order valence-corrected chi connectivity index (χ2v) is 7.42. The minimum Gasteiger partial charge on any atom is -0.336 e. The van der Waals surface area contributed by atoms with Gasteiger partial charge in [0.15, 0.2) is 0 Å². The van der Waals surface area contributed by atoms with Crippen LogP contribution in [0, 0.1) is 5.92 Å². The lowest BCUT2D eigenvalue weighted by Gasteiger charge is -2.29. The van der Waals surface area contributed by atoms with Crippen LogP contribution in [-0.4, -0.2) is 37.7 Å². The number of aryl methyl sites for hydroxylation is 1. The molecule has 1 aliphatic rings. The molecule has 3 rings (SSSR count). The Hall–Kier alpha value is -1.51. The Kier molecular flexibility index (Phi) is 4.16. The van der Waals surface area contributed by atoms with Gasteiger partial charge >= 0.3 is 0 Å². The maximum atomic E-state index is 12.6. The van der Waals surface area contributed by atoms with E-state index in [4.69, 9.17) is 4.52 Å². The summed E-state index contributed by atoms with van der Waals surface area (Å²) in [5, 5.41) is 7.77. The molecule has 0 spiro atoms. The van der Waals surface area contributed by atoms with Crippen LogP contribution in [0.1, 0.15) is 26.0 Å². The largest absolute Gasteiger partial charge is 0.336 e. The number of hydrogen-bond acceptors (Lipinski definition) is 6. The van der Waals surface area contributed by atoms with Crippen molar-refractivity contribution in [1.29, 1.82) is 0 Å². The molecule has 8 heteroatoms. The van der Waals surface area contributed by atoms with Gasteiger partial charge in [0.05, 0.1) is 17.3 Å². The van der Waals surface area contributed by atoms with Gasteiger partial charge in [-0.3, -0.25) is 0 Å². The number of fused-ring (bicyclic) bond motifs is 1. The first-order valence-corrected chi connectivity index (χ1v) is 8.97. The number of piperidine rings is 1. The van der Waals surface area contributed by atoms with E-state index >= 15 is 0 Å². The minimum atomic E-state index is -3.61. The Morgan fingerprint density at radius 1 is 1.50 bits per heavy atom. The molecule has 0 aliphatic carbocycles. The van der Waals surface area contributed by atoms with Crippen molar-refractivity contribution in [3.8, 4) is 0 Å². The fourth-order valence-electron chi connectivity index (χ4n) is 2.68. The molecule has 0 saturated carbocycles. The van der Waals surface area contributed by atoms with E-state index in [0.29, 0.717) is 35.7 Å². The van der Waals surface area contributed by atoms with Crippen molar-refractivity contribution in [1.82, 2.24) is 20.2 Å². The highest BCUT2D eigenvalue weighted by molar-refractivity contribution is 7.89. The van der Waals surface area contributed by atoms with Crippen molar-refractivity contribution in [3.63, 3.8) is 0 Å². The number of aromatic nitrogens is 2. The monoisotopic (exact) mass is 324 g/mol. The molecule has 3 heterocycles. The van der Waals surface area contributed by atoms with Crippen LogP contribution in [-0.2, 0) is 16.4 Å². The molecule has 0 aromatic carbocycles. The smallest absolute Gasteiger partial charge is 0.258 e. The zero-order valence-electron chi connectivity index (χ0n) is 12.7. The summed E-state index contributed by atoms with van der Waals surface area (Å²) in [6, 6.07) is 1.48. The molecule has 1 saturated heterocycles. The summed E-state index contributed by atoms with van der Waals surface area (Å²) >= 11 is 0. The third kappa shape index (κ3) is 2.86. The van der Waals surface area contributed by atoms with E-state index in [2.05, 4.69) is 27.1 Å². The fraction of sp³-hybridized carbons (Fsp3) is 0.571. The van der Waals surface area contributed by atoms with Gasteiger partial charge in [-0.2, -0.15) is 0 Å². The number of nitrogens with zero attached hydrogens (tertiary/aromatic N) is 2. The van der Waals surface area contributed by atoms with Crippen molar-refractivity contribution >= 4 is 21.1 Å². The van der Waals surface area contributed by atoms with Crippen LogP contribution in [0.5, 0.6) is 0 Å². The molecule has 120 valence electrons. The van der Waals surface area contributed by atoms with Crippen molar-refractivity contribution in [2.24, 2.45) is 5.92 Å². The van der Waals surface area contributed by atoms with Gasteiger partial charge in [-0.05, 0) is 31.4 Å². The molecule has 2 unspecified atom stereocenters. The molecule has 2 aromatic heterocycles. The number of pyridine rings is 1. The average molecular weight is 324 g/mol. The Bertz CT molecular complexity index is 771. The van der Waals surface area contributed by atoms with Crippen LogP contribution in [0.25, 0.3) is 11.1 Å². The van der Waals surface area contributed by atoms with E-state index in [9.17, 15) is 8.42 Å². The maximum absolute atomic E-state index is 12.6.